The standard InChI is InChI=1S/C15H14O.H3N/c1-2-6-12(7-3-1)15-9-5-4-8-13(15)10-14-11-16-14;/h1-9,14H,10-11H2;1H3. The van der Waals surface area contributed by atoms with Crippen molar-refractivity contribution < 1.29 is 4.74 Å². The van der Waals surface area contributed by atoms with Gasteiger partial charge in [0.2, 0.25) is 0 Å². The van der Waals surface area contributed by atoms with E-state index in [-0.39, 0.29) is 6.15 Å². The summed E-state index contributed by atoms with van der Waals surface area (Å²) in [7, 11) is 0. The highest BCUT2D eigenvalue weighted by Gasteiger charge is 2.23. The van der Waals surface area contributed by atoms with Crippen LogP contribution in [0.5, 0.6) is 0 Å². The molecule has 0 radical (unpaired) electrons. The van der Waals surface area contributed by atoms with Crippen LogP contribution in [0.3, 0.4) is 0 Å². The van der Waals surface area contributed by atoms with Crippen LogP contribution in [0, 0.1) is 0 Å². The fourth-order valence-electron chi connectivity index (χ4n) is 2.03. The first-order chi connectivity index (χ1) is 7.93. The lowest BCUT2D eigenvalue weighted by Gasteiger charge is -2.08. The summed E-state index contributed by atoms with van der Waals surface area (Å²) in [4.78, 5) is 0. The molecule has 0 amide bonds. The number of hydrogen-bond acceptors (Lipinski definition) is 2. The number of rotatable bonds is 3. The number of epoxide rings is 1. The van der Waals surface area contributed by atoms with Gasteiger partial charge in [-0.1, -0.05) is 54.6 Å². The molecule has 2 nitrogen and oxygen atoms in total. The Labute approximate surface area is 102 Å². The van der Waals surface area contributed by atoms with Gasteiger partial charge in [0.05, 0.1) is 12.7 Å². The van der Waals surface area contributed by atoms with Crippen LogP contribution in [0.4, 0.5) is 0 Å². The minimum absolute atomic E-state index is 0. The summed E-state index contributed by atoms with van der Waals surface area (Å²) in [6, 6.07) is 19.1. The fraction of sp³-hybridized carbons (Fsp3) is 0.200. The van der Waals surface area contributed by atoms with E-state index in [4.69, 9.17) is 4.74 Å². The van der Waals surface area contributed by atoms with Gasteiger partial charge in [-0.25, -0.2) is 0 Å². The highest BCUT2D eigenvalue weighted by Crippen LogP contribution is 2.26. The molecule has 88 valence electrons. The Morgan fingerprint density at radius 2 is 1.59 bits per heavy atom. The summed E-state index contributed by atoms with van der Waals surface area (Å²) in [6.45, 7) is 0.920. The molecule has 0 aromatic heterocycles. The van der Waals surface area contributed by atoms with Crippen molar-refractivity contribution in [3.63, 3.8) is 0 Å². The van der Waals surface area contributed by atoms with Gasteiger partial charge >= 0.3 is 0 Å². The van der Waals surface area contributed by atoms with Crippen molar-refractivity contribution in [2.75, 3.05) is 6.61 Å². The number of benzene rings is 2. The molecule has 0 aliphatic carbocycles. The van der Waals surface area contributed by atoms with Crippen LogP contribution in [0.1, 0.15) is 5.56 Å². The SMILES string of the molecule is N.c1ccc(-c2ccccc2CC2CO2)cc1. The first-order valence-electron chi connectivity index (χ1n) is 5.68. The van der Waals surface area contributed by atoms with Crippen LogP contribution in [0.25, 0.3) is 11.1 Å². The van der Waals surface area contributed by atoms with E-state index in [1.54, 1.807) is 0 Å². The molecule has 1 aliphatic rings. The highest BCUT2D eigenvalue weighted by molar-refractivity contribution is 5.67. The van der Waals surface area contributed by atoms with Crippen molar-refractivity contribution >= 4 is 0 Å². The van der Waals surface area contributed by atoms with Crippen molar-refractivity contribution in [1.82, 2.24) is 6.15 Å². The zero-order chi connectivity index (χ0) is 10.8. The highest BCUT2D eigenvalue weighted by atomic mass is 16.6. The molecule has 1 atom stereocenters. The number of ether oxygens (including phenoxy) is 1. The predicted molar refractivity (Wildman–Crippen MR) is 70.3 cm³/mol. The Bertz CT molecular complexity index is 477. The third kappa shape index (κ3) is 2.73. The van der Waals surface area contributed by atoms with Crippen LogP contribution >= 0.6 is 0 Å². The maximum atomic E-state index is 5.30. The Morgan fingerprint density at radius 3 is 2.29 bits per heavy atom. The lowest BCUT2D eigenvalue weighted by atomic mass is 9.97. The van der Waals surface area contributed by atoms with Gasteiger partial charge in [-0.15, -0.1) is 0 Å². The van der Waals surface area contributed by atoms with E-state index in [1.165, 1.54) is 16.7 Å². The van der Waals surface area contributed by atoms with Gasteiger partial charge in [0.15, 0.2) is 0 Å². The molecule has 0 bridgehead atoms. The summed E-state index contributed by atoms with van der Waals surface area (Å²) in [5.41, 5.74) is 4.01. The van der Waals surface area contributed by atoms with Crippen LogP contribution < -0.4 is 6.15 Å². The molecule has 1 unspecified atom stereocenters. The zero-order valence-corrected chi connectivity index (χ0v) is 9.80. The normalized spacial score (nSPS) is 17.3. The van der Waals surface area contributed by atoms with Crippen molar-refractivity contribution in [1.29, 1.82) is 0 Å². The molecule has 0 saturated carbocycles. The minimum Gasteiger partial charge on any atom is -0.373 e. The second-order valence-corrected chi connectivity index (χ2v) is 4.18. The van der Waals surface area contributed by atoms with E-state index < -0.39 is 0 Å². The van der Waals surface area contributed by atoms with Gasteiger partial charge < -0.3 is 10.9 Å². The Balaban J connectivity index is 0.00000108. The van der Waals surface area contributed by atoms with Crippen LogP contribution in [0.2, 0.25) is 0 Å². The largest absolute Gasteiger partial charge is 0.373 e. The lowest BCUT2D eigenvalue weighted by molar-refractivity contribution is 0.408. The minimum atomic E-state index is 0. The monoisotopic (exact) mass is 227 g/mol. The van der Waals surface area contributed by atoms with E-state index in [9.17, 15) is 0 Å². The topological polar surface area (TPSA) is 47.5 Å². The van der Waals surface area contributed by atoms with E-state index in [2.05, 4.69) is 54.6 Å². The Hall–Kier alpha value is -1.64. The van der Waals surface area contributed by atoms with Crippen molar-refractivity contribution in [2.24, 2.45) is 0 Å². The molecule has 1 aliphatic heterocycles. The van der Waals surface area contributed by atoms with Crippen LogP contribution in [-0.4, -0.2) is 12.7 Å². The molecule has 3 rings (SSSR count). The van der Waals surface area contributed by atoms with E-state index in [1.807, 2.05) is 0 Å². The molecular formula is C15H17NO. The molecule has 2 aromatic rings. The summed E-state index contributed by atoms with van der Waals surface area (Å²) in [5.74, 6) is 0. The van der Waals surface area contributed by atoms with Gasteiger partial charge in [-0.3, -0.25) is 0 Å². The summed E-state index contributed by atoms with van der Waals surface area (Å²) >= 11 is 0. The van der Waals surface area contributed by atoms with Crippen LogP contribution in [0.15, 0.2) is 54.6 Å². The average Bonchev–Trinajstić information content (AvgIpc) is 3.15. The second kappa shape index (κ2) is 5.13. The maximum absolute atomic E-state index is 5.30. The Kier molecular flexibility index (Phi) is 3.57. The van der Waals surface area contributed by atoms with Crippen LogP contribution in [-0.2, 0) is 11.2 Å². The van der Waals surface area contributed by atoms with E-state index in [0.29, 0.717) is 6.10 Å². The molecule has 2 aromatic carbocycles. The van der Waals surface area contributed by atoms with Gasteiger partial charge in [0.1, 0.15) is 0 Å². The first kappa shape index (κ1) is 11.8. The number of hydrogen-bond donors (Lipinski definition) is 1. The molecular weight excluding hydrogens is 210 g/mol. The van der Waals surface area contributed by atoms with Gasteiger partial charge in [-0.05, 0) is 16.7 Å². The summed E-state index contributed by atoms with van der Waals surface area (Å²) in [6.07, 6.45) is 1.48. The quantitative estimate of drug-likeness (QED) is 0.816. The lowest BCUT2D eigenvalue weighted by Crippen LogP contribution is -1.95. The molecule has 1 saturated heterocycles. The summed E-state index contributed by atoms with van der Waals surface area (Å²) < 4.78 is 5.30. The third-order valence-corrected chi connectivity index (χ3v) is 2.95. The molecule has 0 spiro atoms. The van der Waals surface area contributed by atoms with Gasteiger partial charge in [-0.2, -0.15) is 0 Å². The predicted octanol–water partition coefficient (Wildman–Crippen LogP) is 3.46. The third-order valence-electron chi connectivity index (χ3n) is 2.95. The first-order valence-corrected chi connectivity index (χ1v) is 5.68. The smallest absolute Gasteiger partial charge is 0.0850 e. The molecule has 17 heavy (non-hydrogen) atoms. The average molecular weight is 227 g/mol. The van der Waals surface area contributed by atoms with Crippen molar-refractivity contribution in [3.05, 3.63) is 60.2 Å². The zero-order valence-electron chi connectivity index (χ0n) is 9.80. The summed E-state index contributed by atoms with van der Waals surface area (Å²) in [5, 5.41) is 0. The van der Waals surface area contributed by atoms with E-state index >= 15 is 0 Å². The molecule has 2 heteroatoms. The van der Waals surface area contributed by atoms with Gasteiger partial charge in [0, 0.05) is 6.42 Å². The Morgan fingerprint density at radius 1 is 0.941 bits per heavy atom. The molecule has 1 heterocycles. The van der Waals surface area contributed by atoms with Crippen molar-refractivity contribution in [2.45, 2.75) is 12.5 Å². The van der Waals surface area contributed by atoms with E-state index in [0.717, 1.165) is 13.0 Å². The molecule has 3 N–H and O–H groups in total. The molecule has 1 fully saturated rings. The van der Waals surface area contributed by atoms with Gasteiger partial charge in [0.25, 0.3) is 0 Å². The second-order valence-electron chi connectivity index (χ2n) is 4.18. The van der Waals surface area contributed by atoms with Crippen molar-refractivity contribution in [3.8, 4) is 11.1 Å². The fourth-order valence-corrected chi connectivity index (χ4v) is 2.03. The maximum Gasteiger partial charge on any atom is 0.0850 e.